The second kappa shape index (κ2) is 11.5. The Balaban J connectivity index is 1.40. The molecule has 2 fully saturated rings. The summed E-state index contributed by atoms with van der Waals surface area (Å²) in [6.07, 6.45) is 4.29. The molecule has 0 amide bonds. The minimum atomic E-state index is -0.432. The van der Waals surface area contributed by atoms with Crippen molar-refractivity contribution in [3.05, 3.63) is 95.1 Å². The van der Waals surface area contributed by atoms with E-state index in [0.717, 1.165) is 59.4 Å². The zero-order valence-electron chi connectivity index (χ0n) is 20.3. The van der Waals surface area contributed by atoms with Gasteiger partial charge in [0, 0.05) is 25.1 Å². The third-order valence-corrected chi connectivity index (χ3v) is 7.18. The average Bonchev–Trinajstić information content (AvgIpc) is 2.93. The highest BCUT2D eigenvalue weighted by molar-refractivity contribution is 5.65. The molecule has 0 saturated carbocycles. The van der Waals surface area contributed by atoms with Crippen molar-refractivity contribution in [1.82, 2.24) is 4.90 Å². The number of aliphatic hydroxyl groups excluding tert-OH is 1. The molecule has 2 aliphatic rings. The van der Waals surface area contributed by atoms with Gasteiger partial charge in [-0.25, -0.2) is 0 Å². The monoisotopic (exact) mass is 472 g/mol. The highest BCUT2D eigenvalue weighted by atomic mass is 16.7. The fraction of sp³-hybridized carbons (Fsp3) is 0.400. The van der Waals surface area contributed by atoms with Gasteiger partial charge in [0.15, 0.2) is 6.29 Å². The number of nitrogens with zero attached hydrogens (tertiary/aromatic N) is 1. The molecule has 0 bridgehead atoms. The van der Waals surface area contributed by atoms with E-state index in [4.69, 9.17) is 15.2 Å². The number of nitrogens with two attached hydrogens (primary N) is 1. The summed E-state index contributed by atoms with van der Waals surface area (Å²) in [5.41, 5.74) is 12.3. The van der Waals surface area contributed by atoms with E-state index in [9.17, 15) is 5.11 Å². The normalized spacial score (nSPS) is 23.3. The van der Waals surface area contributed by atoms with Crippen LogP contribution in [0.1, 0.15) is 60.3 Å². The Kier molecular flexibility index (Phi) is 7.92. The van der Waals surface area contributed by atoms with Crippen molar-refractivity contribution in [3.63, 3.8) is 0 Å². The Labute approximate surface area is 208 Å². The molecule has 3 aromatic carbocycles. The molecule has 2 saturated heterocycles. The van der Waals surface area contributed by atoms with Gasteiger partial charge in [-0.05, 0) is 65.9 Å². The van der Waals surface area contributed by atoms with Crippen LogP contribution >= 0.6 is 0 Å². The summed E-state index contributed by atoms with van der Waals surface area (Å²) in [6, 6.07) is 24.9. The number of piperidine rings is 1. The van der Waals surface area contributed by atoms with Gasteiger partial charge in [-0.1, -0.05) is 67.1 Å². The van der Waals surface area contributed by atoms with Crippen LogP contribution in [0.2, 0.25) is 0 Å². The van der Waals surface area contributed by atoms with Crippen molar-refractivity contribution in [2.24, 2.45) is 5.73 Å². The molecule has 0 spiro atoms. The van der Waals surface area contributed by atoms with Crippen LogP contribution in [0.4, 0.5) is 0 Å². The van der Waals surface area contributed by atoms with Gasteiger partial charge in [-0.3, -0.25) is 0 Å². The zero-order chi connectivity index (χ0) is 24.0. The van der Waals surface area contributed by atoms with Gasteiger partial charge < -0.3 is 25.2 Å². The lowest BCUT2D eigenvalue weighted by molar-refractivity contribution is -0.253. The number of ether oxygens (including phenoxy) is 2. The Morgan fingerprint density at radius 2 is 1.54 bits per heavy atom. The lowest BCUT2D eigenvalue weighted by atomic mass is 9.98. The molecule has 0 aromatic heterocycles. The van der Waals surface area contributed by atoms with E-state index in [1.54, 1.807) is 0 Å². The van der Waals surface area contributed by atoms with Crippen LogP contribution in [0, 0.1) is 0 Å². The molecule has 0 radical (unpaired) electrons. The summed E-state index contributed by atoms with van der Waals surface area (Å²) in [5, 5.41) is 9.44. The number of likely N-dealkylation sites (tertiary alicyclic amines) is 1. The molecule has 3 aromatic rings. The Bertz CT molecular complexity index is 1090. The largest absolute Gasteiger partial charge is 0.392 e. The molecular weight excluding hydrogens is 436 g/mol. The lowest BCUT2D eigenvalue weighted by Gasteiger charge is -2.39. The minimum Gasteiger partial charge on any atom is -0.392 e. The molecular formula is C30H36N2O3. The van der Waals surface area contributed by atoms with Crippen LogP contribution in [0.15, 0.2) is 72.8 Å². The predicted octanol–water partition coefficient (Wildman–Crippen LogP) is 5.34. The minimum absolute atomic E-state index is 0.0489. The molecule has 3 atom stereocenters. The van der Waals surface area contributed by atoms with E-state index in [0.29, 0.717) is 6.54 Å². The summed E-state index contributed by atoms with van der Waals surface area (Å²) in [5.74, 6) is 0. The predicted molar refractivity (Wildman–Crippen MR) is 138 cm³/mol. The van der Waals surface area contributed by atoms with Crippen LogP contribution in [0.25, 0.3) is 11.1 Å². The molecule has 184 valence electrons. The maximum absolute atomic E-state index is 9.44. The van der Waals surface area contributed by atoms with E-state index in [-0.39, 0.29) is 18.8 Å². The smallest absolute Gasteiger partial charge is 0.184 e. The van der Waals surface area contributed by atoms with E-state index in [1.165, 1.54) is 19.3 Å². The maximum Gasteiger partial charge on any atom is 0.184 e. The number of aliphatic hydroxyl groups is 1. The molecule has 5 heteroatoms. The van der Waals surface area contributed by atoms with Gasteiger partial charge in [0.25, 0.3) is 0 Å². The molecule has 5 rings (SSSR count). The average molecular weight is 473 g/mol. The summed E-state index contributed by atoms with van der Waals surface area (Å²) < 4.78 is 13.1. The first-order chi connectivity index (χ1) is 17.2. The van der Waals surface area contributed by atoms with Crippen LogP contribution in [0.3, 0.4) is 0 Å². The summed E-state index contributed by atoms with van der Waals surface area (Å²) >= 11 is 0. The Hall–Kier alpha value is -2.54. The summed E-state index contributed by atoms with van der Waals surface area (Å²) in [6.45, 7) is 3.80. The van der Waals surface area contributed by atoms with Gasteiger partial charge in [0.1, 0.15) is 0 Å². The number of rotatable bonds is 7. The van der Waals surface area contributed by atoms with Crippen LogP contribution < -0.4 is 5.73 Å². The maximum atomic E-state index is 9.44. The standard InChI is InChI=1S/C30H36N2O3/c31-19-23-6-4-7-25(16-23)26-8-5-9-27(17-26)30-34-28(20-32-14-2-1-3-15-32)18-29(35-30)24-12-10-22(21-33)11-13-24/h4-13,16-17,28-30,33H,1-3,14-15,18-21,31H2/t28-,29+,30+/m0/s1. The highest BCUT2D eigenvalue weighted by Crippen LogP contribution is 2.39. The second-order valence-electron chi connectivity index (χ2n) is 9.74. The van der Waals surface area contributed by atoms with Crippen molar-refractivity contribution in [2.45, 2.75) is 57.3 Å². The van der Waals surface area contributed by atoms with Crippen molar-refractivity contribution in [1.29, 1.82) is 0 Å². The molecule has 5 nitrogen and oxygen atoms in total. The van der Waals surface area contributed by atoms with E-state index in [2.05, 4.69) is 65.6 Å². The molecule has 35 heavy (non-hydrogen) atoms. The van der Waals surface area contributed by atoms with E-state index < -0.39 is 6.29 Å². The van der Waals surface area contributed by atoms with Crippen LogP contribution in [-0.2, 0) is 22.6 Å². The SMILES string of the molecule is NCc1cccc(-c2cccc([C@@H]3O[C@H](CN4CCCCC4)C[C@H](c4ccc(CO)cc4)O3)c2)c1. The van der Waals surface area contributed by atoms with Gasteiger partial charge in [-0.2, -0.15) is 0 Å². The molecule has 0 aliphatic carbocycles. The topological polar surface area (TPSA) is 68.0 Å². The van der Waals surface area contributed by atoms with Crippen molar-refractivity contribution in [2.75, 3.05) is 19.6 Å². The first-order valence-electron chi connectivity index (χ1n) is 12.8. The third-order valence-electron chi connectivity index (χ3n) is 7.18. The van der Waals surface area contributed by atoms with Crippen molar-refractivity contribution < 1.29 is 14.6 Å². The fourth-order valence-electron chi connectivity index (χ4n) is 5.21. The first kappa shape index (κ1) is 24.2. The highest BCUT2D eigenvalue weighted by Gasteiger charge is 2.33. The molecule has 0 unspecified atom stereocenters. The van der Waals surface area contributed by atoms with Gasteiger partial charge >= 0.3 is 0 Å². The van der Waals surface area contributed by atoms with Crippen LogP contribution in [0.5, 0.6) is 0 Å². The van der Waals surface area contributed by atoms with Gasteiger partial charge in [0.2, 0.25) is 0 Å². The molecule has 2 heterocycles. The first-order valence-corrected chi connectivity index (χ1v) is 12.8. The Morgan fingerprint density at radius 3 is 2.29 bits per heavy atom. The second-order valence-corrected chi connectivity index (χ2v) is 9.74. The van der Waals surface area contributed by atoms with Gasteiger partial charge in [-0.15, -0.1) is 0 Å². The Morgan fingerprint density at radius 1 is 0.800 bits per heavy atom. The fourth-order valence-corrected chi connectivity index (χ4v) is 5.21. The van der Waals surface area contributed by atoms with E-state index in [1.807, 2.05) is 12.1 Å². The summed E-state index contributed by atoms with van der Waals surface area (Å²) in [7, 11) is 0. The van der Waals surface area contributed by atoms with Crippen LogP contribution in [-0.4, -0.2) is 35.7 Å². The number of hydrogen-bond acceptors (Lipinski definition) is 5. The van der Waals surface area contributed by atoms with E-state index >= 15 is 0 Å². The molecule has 3 N–H and O–H groups in total. The number of hydrogen-bond donors (Lipinski definition) is 2. The summed E-state index contributed by atoms with van der Waals surface area (Å²) in [4.78, 5) is 2.54. The zero-order valence-corrected chi connectivity index (χ0v) is 20.3. The van der Waals surface area contributed by atoms with Crippen molar-refractivity contribution in [3.8, 4) is 11.1 Å². The quantitative estimate of drug-likeness (QED) is 0.486. The third kappa shape index (κ3) is 6.00. The molecule has 2 aliphatic heterocycles. The lowest BCUT2D eigenvalue weighted by Crippen LogP contribution is -2.41. The van der Waals surface area contributed by atoms with Crippen molar-refractivity contribution >= 4 is 0 Å². The van der Waals surface area contributed by atoms with Gasteiger partial charge in [0.05, 0.1) is 18.8 Å². The number of benzene rings is 3.